The Kier molecular flexibility index (Phi) is 4.85. The number of carbonyl (C=O) groups excluding carboxylic acids is 1. The van der Waals surface area contributed by atoms with Gasteiger partial charge in [-0.2, -0.15) is 0 Å². The zero-order chi connectivity index (χ0) is 15.7. The van der Waals surface area contributed by atoms with Crippen molar-refractivity contribution >= 4 is 17.2 Å². The van der Waals surface area contributed by atoms with Gasteiger partial charge in [-0.05, 0) is 50.6 Å². The van der Waals surface area contributed by atoms with Crippen molar-refractivity contribution in [3.63, 3.8) is 0 Å². The van der Waals surface area contributed by atoms with Gasteiger partial charge < -0.3 is 9.64 Å². The van der Waals surface area contributed by atoms with Crippen LogP contribution in [0.1, 0.15) is 41.9 Å². The van der Waals surface area contributed by atoms with Gasteiger partial charge >= 0.3 is 0 Å². The van der Waals surface area contributed by atoms with Crippen LogP contribution in [0.2, 0.25) is 0 Å². The van der Waals surface area contributed by atoms with Crippen molar-refractivity contribution in [1.82, 2.24) is 9.80 Å². The van der Waals surface area contributed by atoms with Gasteiger partial charge in [-0.25, -0.2) is 0 Å². The van der Waals surface area contributed by atoms with Gasteiger partial charge in [0.15, 0.2) is 0 Å². The first-order chi connectivity index (χ1) is 10.5. The van der Waals surface area contributed by atoms with Crippen LogP contribution in [0.4, 0.5) is 0 Å². The van der Waals surface area contributed by atoms with Crippen molar-refractivity contribution in [2.24, 2.45) is 0 Å². The molecule has 1 amide bonds. The van der Waals surface area contributed by atoms with Gasteiger partial charge in [-0.3, -0.25) is 9.69 Å². The van der Waals surface area contributed by atoms with E-state index in [2.05, 4.69) is 23.6 Å². The minimum absolute atomic E-state index is 0.226. The number of nitrogens with zero attached hydrogens (tertiary/aromatic N) is 2. The average molecular weight is 322 g/mol. The molecular weight excluding hydrogens is 296 g/mol. The van der Waals surface area contributed by atoms with E-state index in [1.807, 2.05) is 18.4 Å². The zero-order valence-electron chi connectivity index (χ0n) is 13.7. The smallest absolute Gasteiger partial charge is 0.264 e. The van der Waals surface area contributed by atoms with Gasteiger partial charge in [0.2, 0.25) is 0 Å². The molecule has 0 spiro atoms. The zero-order valence-corrected chi connectivity index (χ0v) is 14.6. The number of carbonyl (C=O) groups is 1. The maximum absolute atomic E-state index is 12.8. The van der Waals surface area contributed by atoms with E-state index in [1.54, 1.807) is 11.3 Å². The summed E-state index contributed by atoms with van der Waals surface area (Å²) >= 11 is 1.57. The molecule has 0 radical (unpaired) electrons. The van der Waals surface area contributed by atoms with E-state index in [4.69, 9.17) is 4.74 Å². The lowest BCUT2D eigenvalue weighted by molar-refractivity contribution is -0.0715. The van der Waals surface area contributed by atoms with Gasteiger partial charge in [0, 0.05) is 32.2 Å². The summed E-state index contributed by atoms with van der Waals surface area (Å²) in [6.45, 7) is 10.1. The molecule has 0 bridgehead atoms. The van der Waals surface area contributed by atoms with Crippen LogP contribution in [-0.4, -0.2) is 60.1 Å². The lowest BCUT2D eigenvalue weighted by Crippen LogP contribution is -2.50. The van der Waals surface area contributed by atoms with Crippen LogP contribution in [0.5, 0.6) is 0 Å². The number of rotatable bonds is 3. The predicted octanol–water partition coefficient (Wildman–Crippen LogP) is 2.77. The lowest BCUT2D eigenvalue weighted by Gasteiger charge is -2.38. The second-order valence-electron chi connectivity index (χ2n) is 6.70. The fourth-order valence-electron chi connectivity index (χ4n) is 3.75. The molecule has 4 nitrogen and oxygen atoms in total. The van der Waals surface area contributed by atoms with E-state index in [-0.39, 0.29) is 18.1 Å². The van der Waals surface area contributed by atoms with Gasteiger partial charge in [0.1, 0.15) is 0 Å². The van der Waals surface area contributed by atoms with Crippen LogP contribution >= 0.6 is 11.3 Å². The third-order valence-electron chi connectivity index (χ3n) is 4.66. The van der Waals surface area contributed by atoms with Crippen LogP contribution in [0.15, 0.2) is 11.4 Å². The highest BCUT2D eigenvalue weighted by atomic mass is 32.1. The van der Waals surface area contributed by atoms with E-state index >= 15 is 0 Å². The summed E-state index contributed by atoms with van der Waals surface area (Å²) in [4.78, 5) is 18.3. The Labute approximate surface area is 137 Å². The Morgan fingerprint density at radius 1 is 1.36 bits per heavy atom. The number of hydrogen-bond donors (Lipinski definition) is 0. The quantitative estimate of drug-likeness (QED) is 0.858. The SMILES string of the molecule is Cc1ccsc1C(=O)N1CCCC1CN1CC(C)OC(C)C1. The highest BCUT2D eigenvalue weighted by Gasteiger charge is 2.33. The Hall–Kier alpha value is -0.910. The van der Waals surface area contributed by atoms with Gasteiger partial charge in [-0.1, -0.05) is 0 Å². The molecule has 22 heavy (non-hydrogen) atoms. The standard InChI is InChI=1S/C17H26N2O2S/c1-12-6-8-22-16(12)17(20)19-7-4-5-15(19)11-18-9-13(2)21-14(3)10-18/h6,8,13-15H,4-5,7,9-11H2,1-3H3. The van der Waals surface area contributed by atoms with Gasteiger partial charge in [-0.15, -0.1) is 11.3 Å². The Balaban J connectivity index is 1.66. The molecule has 0 N–H and O–H groups in total. The summed E-state index contributed by atoms with van der Waals surface area (Å²) in [5.74, 6) is 0.226. The van der Waals surface area contributed by atoms with Crippen molar-refractivity contribution < 1.29 is 9.53 Å². The topological polar surface area (TPSA) is 32.8 Å². The number of hydrogen-bond acceptors (Lipinski definition) is 4. The minimum atomic E-state index is 0.226. The fourth-order valence-corrected chi connectivity index (χ4v) is 4.63. The van der Waals surface area contributed by atoms with E-state index in [0.29, 0.717) is 6.04 Å². The monoisotopic (exact) mass is 322 g/mol. The molecule has 2 aliphatic heterocycles. The molecule has 0 aliphatic carbocycles. The maximum atomic E-state index is 12.8. The first-order valence-corrected chi connectivity index (χ1v) is 9.15. The van der Waals surface area contributed by atoms with Crippen LogP contribution in [0.3, 0.4) is 0 Å². The minimum Gasteiger partial charge on any atom is -0.373 e. The number of amides is 1. The number of likely N-dealkylation sites (tertiary alicyclic amines) is 1. The van der Waals surface area contributed by atoms with Crippen LogP contribution in [-0.2, 0) is 4.74 Å². The molecule has 0 saturated carbocycles. The largest absolute Gasteiger partial charge is 0.373 e. The number of aryl methyl sites for hydroxylation is 1. The van der Waals surface area contributed by atoms with Crippen LogP contribution < -0.4 is 0 Å². The second kappa shape index (κ2) is 6.69. The number of ether oxygens (including phenoxy) is 1. The van der Waals surface area contributed by atoms with Crippen LogP contribution in [0, 0.1) is 6.92 Å². The third-order valence-corrected chi connectivity index (χ3v) is 5.66. The van der Waals surface area contributed by atoms with E-state index < -0.39 is 0 Å². The summed E-state index contributed by atoms with van der Waals surface area (Å²) in [5, 5.41) is 2.01. The van der Waals surface area contributed by atoms with Crippen molar-refractivity contribution in [2.45, 2.75) is 51.9 Å². The summed E-state index contributed by atoms with van der Waals surface area (Å²) in [6, 6.07) is 2.39. The molecule has 1 aromatic heterocycles. The fraction of sp³-hybridized carbons (Fsp3) is 0.706. The van der Waals surface area contributed by atoms with E-state index in [1.165, 1.54) is 0 Å². The average Bonchev–Trinajstić information content (AvgIpc) is 3.06. The second-order valence-corrected chi connectivity index (χ2v) is 7.62. The highest BCUT2D eigenvalue weighted by Crippen LogP contribution is 2.25. The molecule has 0 aromatic carbocycles. The van der Waals surface area contributed by atoms with E-state index in [9.17, 15) is 4.79 Å². The van der Waals surface area contributed by atoms with Crippen molar-refractivity contribution in [2.75, 3.05) is 26.2 Å². The van der Waals surface area contributed by atoms with Crippen molar-refractivity contribution in [3.8, 4) is 0 Å². The number of morpholine rings is 1. The first-order valence-electron chi connectivity index (χ1n) is 8.27. The third kappa shape index (κ3) is 3.36. The molecule has 122 valence electrons. The Morgan fingerprint density at radius 2 is 2.09 bits per heavy atom. The number of thiophene rings is 1. The molecule has 3 heterocycles. The maximum Gasteiger partial charge on any atom is 0.264 e. The van der Waals surface area contributed by atoms with Crippen LogP contribution in [0.25, 0.3) is 0 Å². The molecule has 3 unspecified atom stereocenters. The molecule has 2 aliphatic rings. The van der Waals surface area contributed by atoms with Crippen molar-refractivity contribution in [3.05, 3.63) is 21.9 Å². The molecule has 1 aromatic rings. The summed E-state index contributed by atoms with van der Waals surface area (Å²) in [7, 11) is 0. The molecule has 2 saturated heterocycles. The molecular formula is C17H26N2O2S. The molecule has 5 heteroatoms. The summed E-state index contributed by atoms with van der Waals surface area (Å²) in [6.07, 6.45) is 2.81. The first kappa shape index (κ1) is 16.0. The Morgan fingerprint density at radius 3 is 2.73 bits per heavy atom. The highest BCUT2D eigenvalue weighted by molar-refractivity contribution is 7.12. The molecule has 3 rings (SSSR count). The van der Waals surface area contributed by atoms with Crippen molar-refractivity contribution in [1.29, 1.82) is 0 Å². The molecule has 3 atom stereocenters. The molecule has 2 fully saturated rings. The van der Waals surface area contributed by atoms with Gasteiger partial charge in [0.05, 0.1) is 17.1 Å². The Bertz CT molecular complexity index is 520. The predicted molar refractivity (Wildman–Crippen MR) is 89.6 cm³/mol. The summed E-state index contributed by atoms with van der Waals surface area (Å²) < 4.78 is 5.81. The lowest BCUT2D eigenvalue weighted by atomic mass is 10.1. The van der Waals surface area contributed by atoms with E-state index in [0.717, 1.165) is 49.5 Å². The summed E-state index contributed by atoms with van der Waals surface area (Å²) in [5.41, 5.74) is 1.11. The van der Waals surface area contributed by atoms with Gasteiger partial charge in [0.25, 0.3) is 5.91 Å². The normalized spacial score (nSPS) is 30.0.